The van der Waals surface area contributed by atoms with Crippen molar-refractivity contribution in [3.8, 4) is 0 Å². The van der Waals surface area contributed by atoms with Crippen molar-refractivity contribution >= 4 is 54.1 Å². The molecule has 0 bridgehead atoms. The third-order valence-electron chi connectivity index (χ3n) is 13.0. The topological polar surface area (TPSA) is 108 Å². The number of aromatic nitrogens is 1. The molecule has 2 heterocycles. The van der Waals surface area contributed by atoms with Crippen LogP contribution in [-0.4, -0.2) is 59.0 Å². The van der Waals surface area contributed by atoms with Crippen LogP contribution in [0, 0.1) is 18.3 Å². The minimum Gasteiger partial charge on any atom is -0.481 e. The molecule has 0 saturated heterocycles. The fraction of sp³-hybridized carbons (Fsp3) is 0.711. The predicted octanol–water partition coefficient (Wildman–Crippen LogP) is 13.6. The monoisotopic (exact) mass is 861 g/mol. The Morgan fingerprint density at radius 3 is 1.82 bits per heavy atom. The van der Waals surface area contributed by atoms with Crippen molar-refractivity contribution in [3.63, 3.8) is 0 Å². The SMILES string of the molecule is C/C(=C\C[C@H](O[Si](C)(C)C(C)(C)C)/C(C)=C/c1csc(C)n1)Cc1ccc([C@H](O[Si](C)(C)C(C)(C)C)[C@@H](C)C(=O)C(C)(C)[C@H](CC(=O)O)O[Si](C)(C)C(C)(C)C)o1. The van der Waals surface area contributed by atoms with Crippen molar-refractivity contribution in [2.45, 2.75) is 196 Å². The van der Waals surface area contributed by atoms with Crippen molar-refractivity contribution in [1.82, 2.24) is 4.98 Å². The fourth-order valence-electron chi connectivity index (χ4n) is 5.85. The van der Waals surface area contributed by atoms with Gasteiger partial charge in [0.2, 0.25) is 0 Å². The second-order valence-electron chi connectivity index (χ2n) is 21.5. The lowest BCUT2D eigenvalue weighted by molar-refractivity contribution is -0.146. The summed E-state index contributed by atoms with van der Waals surface area (Å²) in [5.74, 6) is -0.323. The van der Waals surface area contributed by atoms with Crippen molar-refractivity contribution in [1.29, 1.82) is 0 Å². The first-order valence-corrected chi connectivity index (χ1v) is 30.3. The highest BCUT2D eigenvalue weighted by atomic mass is 32.1. The summed E-state index contributed by atoms with van der Waals surface area (Å²) in [5, 5.41) is 12.9. The van der Waals surface area contributed by atoms with Gasteiger partial charge in [0.15, 0.2) is 25.0 Å². The number of carboxylic acids is 1. The first-order valence-electron chi connectivity index (χ1n) is 20.7. The van der Waals surface area contributed by atoms with Crippen molar-refractivity contribution < 1.29 is 32.4 Å². The van der Waals surface area contributed by atoms with Gasteiger partial charge < -0.3 is 22.8 Å². The van der Waals surface area contributed by atoms with E-state index < -0.39 is 54.5 Å². The number of carboxylic acid groups (broad SMARTS) is 1. The Morgan fingerprint density at radius 1 is 0.842 bits per heavy atom. The summed E-state index contributed by atoms with van der Waals surface area (Å²) in [6.45, 7) is 44.7. The van der Waals surface area contributed by atoms with Crippen molar-refractivity contribution in [3.05, 3.63) is 57.0 Å². The van der Waals surface area contributed by atoms with Crippen molar-refractivity contribution in [2.24, 2.45) is 11.3 Å². The number of furan rings is 1. The number of allylic oxidation sites excluding steroid dienone is 1. The summed E-state index contributed by atoms with van der Waals surface area (Å²) in [4.78, 5) is 31.6. The second-order valence-corrected chi connectivity index (χ2v) is 36.8. The largest absolute Gasteiger partial charge is 0.481 e. The number of ketones is 1. The lowest BCUT2D eigenvalue weighted by Crippen LogP contribution is -2.52. The second kappa shape index (κ2) is 18.8. The smallest absolute Gasteiger partial charge is 0.305 e. The average molecular weight is 862 g/mol. The Kier molecular flexibility index (Phi) is 16.9. The molecular formula is C45H79NO7SSi3. The summed E-state index contributed by atoms with van der Waals surface area (Å²) in [6, 6.07) is 3.94. The predicted molar refractivity (Wildman–Crippen MR) is 247 cm³/mol. The zero-order valence-electron chi connectivity index (χ0n) is 39.6. The molecule has 0 aliphatic carbocycles. The van der Waals surface area contributed by atoms with E-state index in [1.807, 2.05) is 39.8 Å². The molecule has 57 heavy (non-hydrogen) atoms. The Balaban J connectivity index is 2.51. The van der Waals surface area contributed by atoms with Gasteiger partial charge in [-0.05, 0) is 105 Å². The molecular weight excluding hydrogens is 783 g/mol. The van der Waals surface area contributed by atoms with Gasteiger partial charge in [0.25, 0.3) is 0 Å². The molecule has 8 nitrogen and oxygen atoms in total. The molecule has 2 rings (SSSR count). The molecule has 0 unspecified atom stereocenters. The van der Waals surface area contributed by atoms with Gasteiger partial charge in [0.1, 0.15) is 23.4 Å². The van der Waals surface area contributed by atoms with Gasteiger partial charge in [-0.25, -0.2) is 4.98 Å². The molecule has 0 aromatic carbocycles. The molecule has 0 amide bonds. The maximum absolute atomic E-state index is 14.7. The van der Waals surface area contributed by atoms with E-state index in [1.54, 1.807) is 11.3 Å². The third kappa shape index (κ3) is 13.8. The van der Waals surface area contributed by atoms with Crippen LogP contribution in [0.1, 0.15) is 138 Å². The van der Waals surface area contributed by atoms with Gasteiger partial charge in [-0.1, -0.05) is 94.7 Å². The normalized spacial score (nSPS) is 16.7. The molecule has 12 heteroatoms. The number of aryl methyl sites for hydroxylation is 1. The van der Waals surface area contributed by atoms with E-state index in [1.165, 1.54) is 0 Å². The van der Waals surface area contributed by atoms with Crippen LogP contribution < -0.4 is 0 Å². The number of carbonyl (C=O) groups excluding carboxylic acids is 1. The molecule has 0 aliphatic heterocycles. The minimum atomic E-state index is -2.43. The van der Waals surface area contributed by atoms with Gasteiger partial charge in [-0.2, -0.15) is 0 Å². The first kappa shape index (κ1) is 51.2. The fourth-order valence-corrected chi connectivity index (χ4v) is 10.5. The van der Waals surface area contributed by atoms with Crippen LogP contribution in [0.2, 0.25) is 54.4 Å². The molecule has 0 aliphatic rings. The van der Waals surface area contributed by atoms with Crippen LogP contribution in [-0.2, 0) is 29.3 Å². The van der Waals surface area contributed by atoms with E-state index in [0.29, 0.717) is 12.2 Å². The van der Waals surface area contributed by atoms with E-state index in [4.69, 9.17) is 17.7 Å². The van der Waals surface area contributed by atoms with Gasteiger partial charge in [0.05, 0.1) is 29.3 Å². The van der Waals surface area contributed by atoms with E-state index >= 15 is 0 Å². The molecule has 2 aromatic rings. The molecule has 0 saturated carbocycles. The number of carbonyl (C=O) groups is 2. The summed E-state index contributed by atoms with van der Waals surface area (Å²) in [5.41, 5.74) is 2.17. The first-order chi connectivity index (χ1) is 25.5. The average Bonchev–Trinajstić information content (AvgIpc) is 3.66. The van der Waals surface area contributed by atoms with Crippen LogP contribution in [0.5, 0.6) is 0 Å². The molecule has 0 spiro atoms. The van der Waals surface area contributed by atoms with Gasteiger partial charge >= 0.3 is 5.97 Å². The van der Waals surface area contributed by atoms with E-state index in [0.717, 1.165) is 34.0 Å². The number of rotatable bonds is 19. The van der Waals surface area contributed by atoms with Crippen LogP contribution in [0.25, 0.3) is 6.08 Å². The highest BCUT2D eigenvalue weighted by molar-refractivity contribution is 7.09. The Bertz CT molecular complexity index is 1730. The van der Waals surface area contributed by atoms with E-state index in [2.05, 4.69) is 138 Å². The van der Waals surface area contributed by atoms with Crippen LogP contribution in [0.4, 0.5) is 0 Å². The standard InChI is InChI=1S/C45H79NO7SSi3/c1-30(22-24-36(51-55(16,17)42(5,6)7)31(2)27-34-29-54-33(4)46-34)26-35-23-25-37(50-35)40(53-57(20,21)44(11,12)13)32(3)41(49)45(14,15)38(28-39(47)48)52-56(18,19)43(8,9)10/h22-23,25,27,29,32,36,38,40H,24,26,28H2,1-21H3,(H,47,48)/b30-22+,31-27+/t32-,36+,38+,40-/m1/s1. The van der Waals surface area contributed by atoms with E-state index in [-0.39, 0.29) is 33.4 Å². The molecule has 4 atom stereocenters. The highest BCUT2D eigenvalue weighted by Crippen LogP contribution is 2.46. The van der Waals surface area contributed by atoms with Gasteiger partial charge in [-0.3, -0.25) is 9.59 Å². The summed E-state index contributed by atoms with van der Waals surface area (Å²) in [6.07, 6.45) is 3.94. The summed E-state index contributed by atoms with van der Waals surface area (Å²) in [7, 11) is -6.92. The van der Waals surface area contributed by atoms with Crippen molar-refractivity contribution in [2.75, 3.05) is 0 Å². The zero-order chi connectivity index (χ0) is 44.3. The molecule has 2 aromatic heterocycles. The highest BCUT2D eigenvalue weighted by Gasteiger charge is 2.50. The number of Topliss-reactive ketones (excluding diaryl/α,β-unsaturated/α-hetero) is 1. The summed E-state index contributed by atoms with van der Waals surface area (Å²) >= 11 is 1.65. The van der Waals surface area contributed by atoms with E-state index in [9.17, 15) is 14.7 Å². The molecule has 0 fully saturated rings. The van der Waals surface area contributed by atoms with Gasteiger partial charge in [-0.15, -0.1) is 11.3 Å². The number of hydrogen-bond acceptors (Lipinski definition) is 8. The number of hydrogen-bond donors (Lipinski definition) is 1. The Morgan fingerprint density at radius 2 is 1.35 bits per heavy atom. The Labute approximate surface area is 354 Å². The van der Waals surface area contributed by atoms with Gasteiger partial charge in [0, 0.05) is 23.1 Å². The number of nitrogens with zero attached hydrogens (tertiary/aromatic N) is 1. The zero-order valence-corrected chi connectivity index (χ0v) is 43.4. The maximum Gasteiger partial charge on any atom is 0.305 e. The van der Waals surface area contributed by atoms with Crippen LogP contribution in [0.15, 0.2) is 39.2 Å². The maximum atomic E-state index is 14.7. The van der Waals surface area contributed by atoms with Crippen LogP contribution in [0.3, 0.4) is 0 Å². The van der Waals surface area contributed by atoms with Crippen LogP contribution >= 0.6 is 11.3 Å². The number of thiazole rings is 1. The minimum absolute atomic E-state index is 0.0672. The summed E-state index contributed by atoms with van der Waals surface area (Å²) < 4.78 is 27.4. The molecule has 0 radical (unpaired) electrons. The molecule has 1 N–H and O–H groups in total. The lowest BCUT2D eigenvalue weighted by Gasteiger charge is -2.45. The Hall–Kier alpha value is -1.94. The number of aliphatic carboxylic acids is 1. The third-order valence-corrected chi connectivity index (χ3v) is 27.2. The quantitative estimate of drug-likeness (QED) is 0.110. The lowest BCUT2D eigenvalue weighted by atomic mass is 9.74. The molecule has 324 valence electrons.